The fourth-order valence-electron chi connectivity index (χ4n) is 3.58. The number of fused-ring (bicyclic) bond motifs is 1. The number of nitrogens with zero attached hydrogens (tertiary/aromatic N) is 2. The highest BCUT2D eigenvalue weighted by Crippen LogP contribution is 2.21. The van der Waals surface area contributed by atoms with Crippen LogP contribution in [-0.4, -0.2) is 46.2 Å². The molecule has 0 atom stereocenters. The number of aromatic nitrogens is 2. The molecule has 1 aromatic heterocycles. The summed E-state index contributed by atoms with van der Waals surface area (Å²) in [6.07, 6.45) is 9.46. The number of aromatic amines is 1. The van der Waals surface area contributed by atoms with Crippen molar-refractivity contribution in [3.63, 3.8) is 0 Å². The number of nitrogens with one attached hydrogen (secondary N) is 1. The molecule has 0 aromatic carbocycles. The molecule has 0 unspecified atom stereocenters. The monoisotopic (exact) mass is 321 g/mol. The van der Waals surface area contributed by atoms with E-state index in [0.717, 1.165) is 42.7 Å². The van der Waals surface area contributed by atoms with Crippen LogP contribution in [0.15, 0.2) is 4.79 Å². The van der Waals surface area contributed by atoms with E-state index in [1.165, 1.54) is 56.6 Å². The van der Waals surface area contributed by atoms with E-state index in [0.29, 0.717) is 0 Å². The molecular formula is C17H27N3OS. The minimum Gasteiger partial charge on any atom is -0.303 e. The summed E-state index contributed by atoms with van der Waals surface area (Å²) in [4.78, 5) is 14.4. The summed E-state index contributed by atoms with van der Waals surface area (Å²) in [5.41, 5.74) is 3.44. The summed E-state index contributed by atoms with van der Waals surface area (Å²) in [6, 6.07) is 0. The van der Waals surface area contributed by atoms with Crippen LogP contribution in [0.25, 0.3) is 0 Å². The fraction of sp³-hybridized carbons (Fsp3) is 0.765. The number of likely N-dealkylation sites (tertiary alicyclic amines) is 1. The topological polar surface area (TPSA) is 49.0 Å². The maximum atomic E-state index is 11.8. The fourth-order valence-corrected chi connectivity index (χ4v) is 4.51. The zero-order valence-electron chi connectivity index (χ0n) is 13.4. The molecule has 1 aromatic rings. The van der Waals surface area contributed by atoms with E-state index in [9.17, 15) is 4.79 Å². The normalized spacial score (nSPS) is 19.1. The summed E-state index contributed by atoms with van der Waals surface area (Å²) in [7, 11) is 0. The second-order valence-electron chi connectivity index (χ2n) is 6.43. The van der Waals surface area contributed by atoms with Crippen LogP contribution in [-0.2, 0) is 19.3 Å². The molecule has 2 aliphatic rings. The Morgan fingerprint density at radius 2 is 1.77 bits per heavy atom. The number of aryl methyl sites for hydroxylation is 1. The van der Waals surface area contributed by atoms with Gasteiger partial charge >= 0.3 is 0 Å². The Morgan fingerprint density at radius 3 is 2.59 bits per heavy atom. The van der Waals surface area contributed by atoms with Crippen molar-refractivity contribution >= 4 is 11.8 Å². The first-order valence-corrected chi connectivity index (χ1v) is 9.89. The van der Waals surface area contributed by atoms with Crippen molar-refractivity contribution < 1.29 is 0 Å². The van der Waals surface area contributed by atoms with Crippen LogP contribution in [0.5, 0.6) is 0 Å². The molecule has 0 radical (unpaired) electrons. The number of piperidine rings is 1. The summed E-state index contributed by atoms with van der Waals surface area (Å²) in [6.45, 7) is 3.80. The van der Waals surface area contributed by atoms with Crippen molar-refractivity contribution in [1.82, 2.24) is 15.1 Å². The average Bonchev–Trinajstić information content (AvgIpc) is 2.58. The van der Waals surface area contributed by atoms with Crippen molar-refractivity contribution in [2.24, 2.45) is 0 Å². The van der Waals surface area contributed by atoms with Crippen molar-refractivity contribution in [2.45, 2.75) is 51.4 Å². The molecule has 1 fully saturated rings. The highest BCUT2D eigenvalue weighted by molar-refractivity contribution is 7.99. The molecule has 122 valence electrons. The van der Waals surface area contributed by atoms with Gasteiger partial charge in [-0.2, -0.15) is 16.9 Å². The maximum absolute atomic E-state index is 11.8. The molecule has 0 amide bonds. The summed E-state index contributed by atoms with van der Waals surface area (Å²) in [5.74, 6) is 2.32. The zero-order valence-corrected chi connectivity index (χ0v) is 14.2. The van der Waals surface area contributed by atoms with Gasteiger partial charge in [-0.25, -0.2) is 5.10 Å². The van der Waals surface area contributed by atoms with Gasteiger partial charge in [0.15, 0.2) is 0 Å². The number of H-pyrrole nitrogens is 1. The number of rotatable bonds is 6. The minimum absolute atomic E-state index is 0.0381. The van der Waals surface area contributed by atoms with Crippen molar-refractivity contribution in [2.75, 3.05) is 31.1 Å². The van der Waals surface area contributed by atoms with Gasteiger partial charge in [0.2, 0.25) is 0 Å². The lowest BCUT2D eigenvalue weighted by molar-refractivity contribution is 0.242. The number of thioether (sulfide) groups is 1. The van der Waals surface area contributed by atoms with Crippen molar-refractivity contribution in [1.29, 1.82) is 0 Å². The van der Waals surface area contributed by atoms with Gasteiger partial charge in [-0.3, -0.25) is 4.79 Å². The lowest BCUT2D eigenvalue weighted by Crippen LogP contribution is -2.31. The Kier molecular flexibility index (Phi) is 5.96. The van der Waals surface area contributed by atoms with Gasteiger partial charge in [0.1, 0.15) is 0 Å². The molecule has 0 bridgehead atoms. The standard InChI is InChI=1S/C17H27N3OS/c21-17-15-7-3-2-6-14(15)16(18-19-17)8-12-22-13-11-20-9-4-1-5-10-20/h1-13H2,(H,19,21). The van der Waals surface area contributed by atoms with Crippen LogP contribution < -0.4 is 5.56 Å². The van der Waals surface area contributed by atoms with Crippen molar-refractivity contribution in [3.8, 4) is 0 Å². The Morgan fingerprint density at radius 1 is 1.00 bits per heavy atom. The van der Waals surface area contributed by atoms with E-state index in [-0.39, 0.29) is 5.56 Å². The van der Waals surface area contributed by atoms with E-state index in [2.05, 4.69) is 15.1 Å². The quantitative estimate of drug-likeness (QED) is 0.818. The molecule has 5 heteroatoms. The highest BCUT2D eigenvalue weighted by Gasteiger charge is 2.17. The SMILES string of the molecule is O=c1[nH]nc(CCSCCN2CCCCC2)c2c1CCCC2. The van der Waals surface area contributed by atoms with Crippen molar-refractivity contribution in [3.05, 3.63) is 27.2 Å². The van der Waals surface area contributed by atoms with Gasteiger partial charge < -0.3 is 4.90 Å². The van der Waals surface area contributed by atoms with E-state index in [4.69, 9.17) is 0 Å². The van der Waals surface area contributed by atoms with Crippen LogP contribution in [0.4, 0.5) is 0 Å². The average molecular weight is 321 g/mol. The summed E-state index contributed by atoms with van der Waals surface area (Å²) in [5, 5.41) is 7.02. The Hall–Kier alpha value is -0.810. The molecule has 4 nitrogen and oxygen atoms in total. The second-order valence-corrected chi connectivity index (χ2v) is 7.65. The first kappa shape index (κ1) is 16.1. The van der Waals surface area contributed by atoms with Crippen LogP contribution in [0.1, 0.15) is 48.9 Å². The largest absolute Gasteiger partial charge is 0.303 e. The zero-order chi connectivity index (χ0) is 15.2. The smallest absolute Gasteiger partial charge is 0.267 e. The van der Waals surface area contributed by atoms with E-state index < -0.39 is 0 Å². The minimum atomic E-state index is 0.0381. The molecule has 22 heavy (non-hydrogen) atoms. The Balaban J connectivity index is 1.44. The number of hydrogen-bond acceptors (Lipinski definition) is 4. The third kappa shape index (κ3) is 4.13. The van der Waals surface area contributed by atoms with Gasteiger partial charge in [-0.1, -0.05) is 6.42 Å². The Bertz CT molecular complexity index is 537. The van der Waals surface area contributed by atoms with Gasteiger partial charge in [-0.05, 0) is 62.9 Å². The number of hydrogen-bond donors (Lipinski definition) is 1. The summed E-state index contributed by atoms with van der Waals surface area (Å²) >= 11 is 2.02. The third-order valence-electron chi connectivity index (χ3n) is 4.87. The van der Waals surface area contributed by atoms with Crippen LogP contribution in [0.2, 0.25) is 0 Å². The van der Waals surface area contributed by atoms with Gasteiger partial charge in [0.25, 0.3) is 5.56 Å². The first-order valence-electron chi connectivity index (χ1n) is 8.74. The molecule has 3 rings (SSSR count). The van der Waals surface area contributed by atoms with Gasteiger partial charge in [0, 0.05) is 24.3 Å². The molecule has 0 spiro atoms. The lowest BCUT2D eigenvalue weighted by Gasteiger charge is -2.26. The highest BCUT2D eigenvalue weighted by atomic mass is 32.2. The van der Waals surface area contributed by atoms with E-state index in [1.54, 1.807) is 0 Å². The summed E-state index contributed by atoms with van der Waals surface area (Å²) < 4.78 is 0. The first-order chi connectivity index (χ1) is 10.8. The second kappa shape index (κ2) is 8.16. The predicted octanol–water partition coefficient (Wildman–Crippen LogP) is 2.41. The van der Waals surface area contributed by atoms with Gasteiger partial charge in [0.05, 0.1) is 5.69 Å². The predicted molar refractivity (Wildman–Crippen MR) is 92.8 cm³/mol. The van der Waals surface area contributed by atoms with Crippen LogP contribution in [0.3, 0.4) is 0 Å². The van der Waals surface area contributed by atoms with Crippen LogP contribution in [0, 0.1) is 0 Å². The third-order valence-corrected chi connectivity index (χ3v) is 5.83. The molecule has 0 saturated carbocycles. The van der Waals surface area contributed by atoms with Crippen LogP contribution >= 0.6 is 11.8 Å². The maximum Gasteiger partial charge on any atom is 0.267 e. The molecule has 2 heterocycles. The van der Waals surface area contributed by atoms with Gasteiger partial charge in [-0.15, -0.1) is 0 Å². The molecule has 1 aliphatic carbocycles. The molecule has 1 saturated heterocycles. The van der Waals surface area contributed by atoms with E-state index >= 15 is 0 Å². The van der Waals surface area contributed by atoms with E-state index in [1.807, 2.05) is 11.8 Å². The lowest BCUT2D eigenvalue weighted by atomic mass is 9.91. The molecule has 1 N–H and O–H groups in total. The Labute approximate surface area is 137 Å². The molecule has 1 aliphatic heterocycles. The molecular weight excluding hydrogens is 294 g/mol.